The van der Waals surface area contributed by atoms with Gasteiger partial charge in [-0.1, -0.05) is 30.3 Å². The Bertz CT molecular complexity index is 567. The largest absolute Gasteiger partial charge is 0.377 e. The summed E-state index contributed by atoms with van der Waals surface area (Å²) >= 11 is 0. The molecule has 0 heterocycles. The summed E-state index contributed by atoms with van der Waals surface area (Å²) in [7, 11) is 0. The second-order valence-electron chi connectivity index (χ2n) is 4.71. The van der Waals surface area contributed by atoms with Crippen molar-refractivity contribution in [2.24, 2.45) is 0 Å². The molecule has 0 radical (unpaired) electrons. The molecule has 0 atom stereocenters. The summed E-state index contributed by atoms with van der Waals surface area (Å²) < 4.78 is 32.5. The maximum Gasteiger partial charge on any atom is 0.130 e. The number of hydrogen-bond donors (Lipinski definition) is 1. The first-order valence-corrected chi connectivity index (χ1v) is 7.00. The normalized spacial score (nSPS) is 10.8. The van der Waals surface area contributed by atoms with Gasteiger partial charge in [0.15, 0.2) is 0 Å². The lowest BCUT2D eigenvalue weighted by Crippen LogP contribution is -2.16. The quantitative estimate of drug-likeness (QED) is 0.838. The minimum absolute atomic E-state index is 0.0692. The van der Waals surface area contributed by atoms with Gasteiger partial charge in [-0.2, -0.15) is 0 Å². The van der Waals surface area contributed by atoms with Gasteiger partial charge in [0.25, 0.3) is 0 Å². The molecular formula is C17H19F2NO. The molecule has 0 amide bonds. The molecule has 0 aliphatic rings. The van der Waals surface area contributed by atoms with E-state index in [1.807, 2.05) is 31.2 Å². The summed E-state index contributed by atoms with van der Waals surface area (Å²) in [6.07, 6.45) is 0. The van der Waals surface area contributed by atoms with Crippen LogP contribution >= 0.6 is 0 Å². The third-order valence-corrected chi connectivity index (χ3v) is 3.26. The van der Waals surface area contributed by atoms with Gasteiger partial charge in [-0.15, -0.1) is 0 Å². The van der Waals surface area contributed by atoms with E-state index >= 15 is 0 Å². The topological polar surface area (TPSA) is 21.3 Å². The van der Waals surface area contributed by atoms with E-state index in [0.29, 0.717) is 19.8 Å². The molecule has 0 aliphatic heterocycles. The second-order valence-corrected chi connectivity index (χ2v) is 4.71. The summed E-state index contributed by atoms with van der Waals surface area (Å²) in [5.74, 6) is -1.05. The van der Waals surface area contributed by atoms with Crippen molar-refractivity contribution in [2.45, 2.75) is 26.6 Å². The number of nitrogens with one attached hydrogen (secondary N) is 1. The van der Waals surface area contributed by atoms with Gasteiger partial charge in [0.2, 0.25) is 0 Å². The van der Waals surface area contributed by atoms with Crippen molar-refractivity contribution in [1.82, 2.24) is 5.32 Å². The predicted octanol–water partition coefficient (Wildman–Crippen LogP) is 3.79. The first-order valence-electron chi connectivity index (χ1n) is 7.00. The standard InChI is InChI=1S/C17H19F2NO/c1-2-21-12-14-7-4-3-6-13(14)10-20-11-15-16(18)8-5-9-17(15)19/h3-9,20H,2,10-12H2,1H3. The van der Waals surface area contributed by atoms with Crippen molar-refractivity contribution in [3.63, 3.8) is 0 Å². The molecule has 0 spiro atoms. The van der Waals surface area contributed by atoms with E-state index in [0.717, 1.165) is 11.1 Å². The highest BCUT2D eigenvalue weighted by Gasteiger charge is 2.08. The monoisotopic (exact) mass is 291 g/mol. The van der Waals surface area contributed by atoms with Crippen LogP contribution in [0.2, 0.25) is 0 Å². The molecule has 21 heavy (non-hydrogen) atoms. The maximum atomic E-state index is 13.5. The van der Waals surface area contributed by atoms with Gasteiger partial charge in [-0.05, 0) is 30.2 Å². The maximum absolute atomic E-state index is 13.5. The molecule has 0 saturated carbocycles. The van der Waals surface area contributed by atoms with E-state index in [9.17, 15) is 8.78 Å². The molecule has 0 bridgehead atoms. The number of benzene rings is 2. The van der Waals surface area contributed by atoms with E-state index in [1.54, 1.807) is 0 Å². The zero-order valence-corrected chi connectivity index (χ0v) is 12.0. The lowest BCUT2D eigenvalue weighted by molar-refractivity contribution is 0.133. The van der Waals surface area contributed by atoms with Crippen LogP contribution in [0.5, 0.6) is 0 Å². The fourth-order valence-corrected chi connectivity index (χ4v) is 2.11. The zero-order chi connectivity index (χ0) is 15.1. The summed E-state index contributed by atoms with van der Waals surface area (Å²) in [5, 5.41) is 3.08. The van der Waals surface area contributed by atoms with Crippen LogP contribution in [-0.4, -0.2) is 6.61 Å². The average molecular weight is 291 g/mol. The SMILES string of the molecule is CCOCc1ccccc1CNCc1c(F)cccc1F. The van der Waals surface area contributed by atoms with Crippen molar-refractivity contribution in [3.8, 4) is 0 Å². The van der Waals surface area contributed by atoms with Gasteiger partial charge in [0.1, 0.15) is 11.6 Å². The fourth-order valence-electron chi connectivity index (χ4n) is 2.11. The Balaban J connectivity index is 1.97. The molecule has 0 fully saturated rings. The highest BCUT2D eigenvalue weighted by molar-refractivity contribution is 5.26. The average Bonchev–Trinajstić information content (AvgIpc) is 2.49. The highest BCUT2D eigenvalue weighted by atomic mass is 19.1. The predicted molar refractivity (Wildman–Crippen MR) is 78.7 cm³/mol. The van der Waals surface area contributed by atoms with Gasteiger partial charge >= 0.3 is 0 Å². The van der Waals surface area contributed by atoms with Crippen molar-refractivity contribution in [2.75, 3.05) is 6.61 Å². The minimum atomic E-state index is -0.523. The molecule has 2 rings (SSSR count). The smallest absolute Gasteiger partial charge is 0.130 e. The zero-order valence-electron chi connectivity index (χ0n) is 12.0. The van der Waals surface area contributed by atoms with Crippen molar-refractivity contribution < 1.29 is 13.5 Å². The number of halogens is 2. The van der Waals surface area contributed by atoms with Gasteiger partial charge in [-0.25, -0.2) is 8.78 Å². The van der Waals surface area contributed by atoms with Crippen LogP contribution in [0.1, 0.15) is 23.6 Å². The molecule has 4 heteroatoms. The first kappa shape index (κ1) is 15.6. The molecule has 0 saturated heterocycles. The Morgan fingerprint density at radius 2 is 1.57 bits per heavy atom. The second kappa shape index (κ2) is 7.86. The number of rotatable bonds is 7. The van der Waals surface area contributed by atoms with Gasteiger partial charge in [0, 0.05) is 25.3 Å². The highest BCUT2D eigenvalue weighted by Crippen LogP contribution is 2.13. The van der Waals surface area contributed by atoms with E-state index in [1.165, 1.54) is 18.2 Å². The molecule has 1 N–H and O–H groups in total. The third-order valence-electron chi connectivity index (χ3n) is 3.26. The molecule has 112 valence electrons. The Hall–Kier alpha value is -1.78. The van der Waals surface area contributed by atoms with E-state index in [4.69, 9.17) is 4.74 Å². The summed E-state index contributed by atoms with van der Waals surface area (Å²) in [4.78, 5) is 0. The van der Waals surface area contributed by atoms with Crippen LogP contribution in [0.3, 0.4) is 0 Å². The fraction of sp³-hybridized carbons (Fsp3) is 0.294. The molecule has 2 aromatic rings. The Labute approximate surface area is 123 Å². The lowest BCUT2D eigenvalue weighted by Gasteiger charge is -2.11. The molecule has 0 aliphatic carbocycles. The van der Waals surface area contributed by atoms with Crippen LogP contribution in [0.4, 0.5) is 8.78 Å². The summed E-state index contributed by atoms with van der Waals surface area (Å²) in [6.45, 7) is 3.84. The Morgan fingerprint density at radius 3 is 2.24 bits per heavy atom. The summed E-state index contributed by atoms with van der Waals surface area (Å²) in [6, 6.07) is 11.8. The molecule has 2 nitrogen and oxygen atoms in total. The molecule has 2 aromatic carbocycles. The lowest BCUT2D eigenvalue weighted by atomic mass is 10.1. The van der Waals surface area contributed by atoms with Crippen molar-refractivity contribution in [1.29, 1.82) is 0 Å². The van der Waals surface area contributed by atoms with Crippen LogP contribution in [0.15, 0.2) is 42.5 Å². The Kier molecular flexibility index (Phi) is 5.84. The van der Waals surface area contributed by atoms with Crippen molar-refractivity contribution >= 4 is 0 Å². The van der Waals surface area contributed by atoms with E-state index in [-0.39, 0.29) is 12.1 Å². The van der Waals surface area contributed by atoms with Crippen LogP contribution in [0.25, 0.3) is 0 Å². The van der Waals surface area contributed by atoms with Crippen LogP contribution in [0, 0.1) is 11.6 Å². The van der Waals surface area contributed by atoms with E-state index < -0.39 is 11.6 Å². The molecule has 0 unspecified atom stereocenters. The number of hydrogen-bond acceptors (Lipinski definition) is 2. The van der Waals surface area contributed by atoms with Crippen LogP contribution < -0.4 is 5.32 Å². The molecular weight excluding hydrogens is 272 g/mol. The third kappa shape index (κ3) is 4.34. The van der Waals surface area contributed by atoms with E-state index in [2.05, 4.69) is 5.32 Å². The van der Waals surface area contributed by atoms with Crippen LogP contribution in [-0.2, 0) is 24.4 Å². The first-order chi connectivity index (χ1) is 10.2. The minimum Gasteiger partial charge on any atom is -0.377 e. The Morgan fingerprint density at radius 1 is 0.905 bits per heavy atom. The van der Waals surface area contributed by atoms with Gasteiger partial charge in [0.05, 0.1) is 6.61 Å². The molecule has 0 aromatic heterocycles. The number of ether oxygens (including phenoxy) is 1. The van der Waals surface area contributed by atoms with Gasteiger partial charge in [-0.3, -0.25) is 0 Å². The summed E-state index contributed by atoms with van der Waals surface area (Å²) in [5.41, 5.74) is 2.23. The van der Waals surface area contributed by atoms with Gasteiger partial charge < -0.3 is 10.1 Å². The van der Waals surface area contributed by atoms with Crippen molar-refractivity contribution in [3.05, 3.63) is 70.8 Å².